The number of fused-ring (bicyclic) bond motifs is 1. The Bertz CT molecular complexity index is 421. The van der Waals surface area contributed by atoms with Gasteiger partial charge in [0.1, 0.15) is 5.60 Å². The third-order valence-corrected chi connectivity index (χ3v) is 4.57. The molecule has 2 atom stereocenters. The first-order valence-electron chi connectivity index (χ1n) is 7.48. The predicted octanol–water partition coefficient (Wildman–Crippen LogP) is 1.77. The van der Waals surface area contributed by atoms with Crippen LogP contribution in [-0.4, -0.2) is 41.1 Å². The normalized spacial score (nSPS) is 33.4. The summed E-state index contributed by atoms with van der Waals surface area (Å²) in [6.45, 7) is 9.02. The molecule has 2 aliphatic carbocycles. The third kappa shape index (κ3) is 2.63. The highest BCUT2D eigenvalue weighted by Crippen LogP contribution is 2.52. The van der Waals surface area contributed by atoms with Gasteiger partial charge in [0, 0.05) is 24.5 Å². The lowest BCUT2D eigenvalue weighted by atomic mass is 10.2. The smallest absolute Gasteiger partial charge is 0.410 e. The zero-order valence-corrected chi connectivity index (χ0v) is 12.7. The van der Waals surface area contributed by atoms with E-state index in [1.807, 2.05) is 20.8 Å². The average Bonchev–Trinajstić information content (AvgIpc) is 3.13. The number of ether oxygens (including phenoxy) is 1. The van der Waals surface area contributed by atoms with Crippen molar-refractivity contribution in [1.29, 1.82) is 0 Å². The summed E-state index contributed by atoms with van der Waals surface area (Å²) >= 11 is 0. The molecule has 1 N–H and O–H groups in total. The van der Waals surface area contributed by atoms with Crippen LogP contribution in [0.3, 0.4) is 0 Å². The zero-order chi connectivity index (χ0) is 14.7. The first-order valence-corrected chi connectivity index (χ1v) is 7.48. The number of amides is 2. The fraction of sp³-hybridized carbons (Fsp3) is 0.867. The van der Waals surface area contributed by atoms with E-state index in [4.69, 9.17) is 4.74 Å². The number of nitrogens with one attached hydrogen (secondary N) is 1. The second kappa shape index (κ2) is 4.12. The molecule has 20 heavy (non-hydrogen) atoms. The molecule has 112 valence electrons. The van der Waals surface area contributed by atoms with Gasteiger partial charge in [-0.2, -0.15) is 0 Å². The Hall–Kier alpha value is -1.26. The minimum Gasteiger partial charge on any atom is -0.444 e. The van der Waals surface area contributed by atoms with Gasteiger partial charge < -0.3 is 15.0 Å². The van der Waals surface area contributed by atoms with Crippen molar-refractivity contribution in [3.8, 4) is 0 Å². The van der Waals surface area contributed by atoms with Gasteiger partial charge in [-0.25, -0.2) is 4.79 Å². The van der Waals surface area contributed by atoms with E-state index in [0.717, 1.165) is 12.8 Å². The Morgan fingerprint density at radius 3 is 2.20 bits per heavy atom. The summed E-state index contributed by atoms with van der Waals surface area (Å²) in [6, 6.07) is 0. The van der Waals surface area contributed by atoms with Gasteiger partial charge in [0.15, 0.2) is 0 Å². The summed E-state index contributed by atoms with van der Waals surface area (Å²) < 4.78 is 5.36. The predicted molar refractivity (Wildman–Crippen MR) is 74.1 cm³/mol. The van der Waals surface area contributed by atoms with Crippen molar-refractivity contribution < 1.29 is 14.3 Å². The number of rotatable bonds is 2. The molecular weight excluding hydrogens is 256 g/mol. The first-order chi connectivity index (χ1) is 9.19. The summed E-state index contributed by atoms with van der Waals surface area (Å²) in [7, 11) is 0. The highest BCUT2D eigenvalue weighted by molar-refractivity contribution is 5.84. The topological polar surface area (TPSA) is 58.6 Å². The highest BCUT2D eigenvalue weighted by Gasteiger charge is 2.61. The second-order valence-electron chi connectivity index (χ2n) is 7.79. The molecule has 3 rings (SSSR count). The number of nitrogens with zero attached hydrogens (tertiary/aromatic N) is 1. The molecule has 5 nitrogen and oxygen atoms in total. The molecule has 1 aliphatic heterocycles. The average molecular weight is 280 g/mol. The minimum absolute atomic E-state index is 0.0544. The van der Waals surface area contributed by atoms with Gasteiger partial charge in [-0.05, 0) is 52.4 Å². The Morgan fingerprint density at radius 1 is 1.20 bits per heavy atom. The van der Waals surface area contributed by atoms with Crippen molar-refractivity contribution in [3.63, 3.8) is 0 Å². The molecule has 0 aromatic carbocycles. The molecule has 5 heteroatoms. The van der Waals surface area contributed by atoms with E-state index in [0.29, 0.717) is 24.9 Å². The van der Waals surface area contributed by atoms with Crippen LogP contribution >= 0.6 is 0 Å². The number of carbonyl (C=O) groups excluding carboxylic acids is 2. The van der Waals surface area contributed by atoms with Crippen LogP contribution in [0.1, 0.15) is 40.5 Å². The second-order valence-corrected chi connectivity index (χ2v) is 7.79. The molecule has 1 heterocycles. The Morgan fingerprint density at radius 2 is 1.75 bits per heavy atom. The summed E-state index contributed by atoms with van der Waals surface area (Å²) in [5.41, 5.74) is -0.403. The van der Waals surface area contributed by atoms with Gasteiger partial charge in [-0.3, -0.25) is 4.79 Å². The molecule has 3 fully saturated rings. The van der Waals surface area contributed by atoms with Crippen molar-refractivity contribution in [1.82, 2.24) is 10.2 Å². The quantitative estimate of drug-likeness (QED) is 0.838. The van der Waals surface area contributed by atoms with Gasteiger partial charge in [0.25, 0.3) is 0 Å². The summed E-state index contributed by atoms with van der Waals surface area (Å²) in [5.74, 6) is 0.977. The largest absolute Gasteiger partial charge is 0.444 e. The molecule has 0 radical (unpaired) electrons. The van der Waals surface area contributed by atoms with Crippen molar-refractivity contribution in [3.05, 3.63) is 0 Å². The fourth-order valence-electron chi connectivity index (χ4n) is 3.08. The van der Waals surface area contributed by atoms with Crippen LogP contribution in [0.25, 0.3) is 0 Å². The molecule has 2 unspecified atom stereocenters. The molecule has 0 spiro atoms. The van der Waals surface area contributed by atoms with E-state index in [1.165, 1.54) is 0 Å². The van der Waals surface area contributed by atoms with Crippen molar-refractivity contribution in [2.45, 2.75) is 51.7 Å². The summed E-state index contributed by atoms with van der Waals surface area (Å²) in [5, 5.41) is 3.13. The molecule has 0 aromatic rings. The number of hydrogen-bond acceptors (Lipinski definition) is 3. The van der Waals surface area contributed by atoms with Gasteiger partial charge in [-0.15, -0.1) is 0 Å². The lowest BCUT2D eigenvalue weighted by Crippen LogP contribution is -2.40. The highest BCUT2D eigenvalue weighted by atomic mass is 16.6. The molecule has 0 aromatic heterocycles. The van der Waals surface area contributed by atoms with E-state index in [2.05, 4.69) is 12.2 Å². The van der Waals surface area contributed by atoms with E-state index in [-0.39, 0.29) is 23.5 Å². The number of likely N-dealkylation sites (tertiary alicyclic amines) is 1. The van der Waals surface area contributed by atoms with Crippen LogP contribution in [0.15, 0.2) is 0 Å². The van der Waals surface area contributed by atoms with E-state index in [9.17, 15) is 9.59 Å². The maximum Gasteiger partial charge on any atom is 0.410 e. The van der Waals surface area contributed by atoms with Crippen LogP contribution in [0.4, 0.5) is 4.79 Å². The molecular formula is C15H24N2O3. The number of hydrogen-bond donors (Lipinski definition) is 1. The van der Waals surface area contributed by atoms with Crippen LogP contribution < -0.4 is 5.32 Å². The Kier molecular flexibility index (Phi) is 2.82. The van der Waals surface area contributed by atoms with Crippen molar-refractivity contribution >= 4 is 12.0 Å². The zero-order valence-electron chi connectivity index (χ0n) is 12.7. The maximum absolute atomic E-state index is 12.1. The molecule has 2 saturated carbocycles. The van der Waals surface area contributed by atoms with Gasteiger partial charge in [0.05, 0.1) is 0 Å². The van der Waals surface area contributed by atoms with E-state index >= 15 is 0 Å². The summed E-state index contributed by atoms with van der Waals surface area (Å²) in [4.78, 5) is 25.8. The van der Waals surface area contributed by atoms with Crippen LogP contribution in [0.2, 0.25) is 0 Å². The molecule has 0 bridgehead atoms. The lowest BCUT2D eigenvalue weighted by molar-refractivity contribution is -0.124. The van der Waals surface area contributed by atoms with Gasteiger partial charge in [0.2, 0.25) is 5.91 Å². The van der Waals surface area contributed by atoms with Crippen molar-refractivity contribution in [2.75, 3.05) is 13.1 Å². The lowest BCUT2D eigenvalue weighted by Gasteiger charge is -2.26. The van der Waals surface area contributed by atoms with Gasteiger partial charge >= 0.3 is 6.09 Å². The maximum atomic E-state index is 12.1. The SMILES string of the molecule is CC1(NC(=O)C2C3CN(C(=O)OC(C)(C)C)CC32)CC1. The number of carbonyl (C=O) groups is 2. The third-order valence-electron chi connectivity index (χ3n) is 4.57. The Balaban J connectivity index is 1.48. The standard InChI is InChI=1S/C15H24N2O3/c1-14(2,3)20-13(19)17-7-9-10(8-17)11(9)12(18)16-15(4)5-6-15/h9-11H,5-8H2,1-4H3,(H,16,18). The number of piperidine rings is 1. The van der Waals surface area contributed by atoms with Crippen molar-refractivity contribution in [2.24, 2.45) is 17.8 Å². The molecule has 1 saturated heterocycles. The van der Waals surface area contributed by atoms with E-state index in [1.54, 1.807) is 4.90 Å². The molecule has 2 amide bonds. The van der Waals surface area contributed by atoms with Crippen LogP contribution in [-0.2, 0) is 9.53 Å². The minimum atomic E-state index is -0.457. The molecule has 3 aliphatic rings. The van der Waals surface area contributed by atoms with Gasteiger partial charge in [-0.1, -0.05) is 0 Å². The fourth-order valence-corrected chi connectivity index (χ4v) is 3.08. The van der Waals surface area contributed by atoms with Crippen LogP contribution in [0.5, 0.6) is 0 Å². The Labute approximate surface area is 120 Å². The van der Waals surface area contributed by atoms with Crippen LogP contribution in [0, 0.1) is 17.8 Å². The first kappa shape index (κ1) is 13.7. The van der Waals surface area contributed by atoms with E-state index < -0.39 is 5.60 Å². The monoisotopic (exact) mass is 280 g/mol. The summed E-state index contributed by atoms with van der Waals surface area (Å²) in [6.07, 6.45) is 1.92.